The molecule has 0 amide bonds. The van der Waals surface area contributed by atoms with Gasteiger partial charge in [-0.15, -0.1) is 0 Å². The normalized spacial score (nSPS) is 11.6. The highest BCUT2D eigenvalue weighted by Gasteiger charge is 2.24. The lowest BCUT2D eigenvalue weighted by Crippen LogP contribution is -2.35. The van der Waals surface area contributed by atoms with E-state index in [9.17, 15) is 9.59 Å². The first-order valence-electron chi connectivity index (χ1n) is 9.45. The smallest absolute Gasteiger partial charge is 0.335 e. The molecule has 0 heterocycles. The fourth-order valence-corrected chi connectivity index (χ4v) is 3.23. The molecule has 0 fully saturated rings. The van der Waals surface area contributed by atoms with Crippen LogP contribution in [-0.2, 0) is 0 Å². The number of para-hydroxylation sites is 1. The lowest BCUT2D eigenvalue weighted by atomic mass is 10.0. The van der Waals surface area contributed by atoms with Crippen LogP contribution in [0, 0.1) is 0 Å². The van der Waals surface area contributed by atoms with Crippen LogP contribution in [0.1, 0.15) is 20.7 Å². The molecule has 0 radical (unpaired) electrons. The summed E-state index contributed by atoms with van der Waals surface area (Å²) in [6, 6.07) is 28.5. The topological polar surface area (TPSA) is 75.6 Å². The van der Waals surface area contributed by atoms with E-state index in [1.807, 2.05) is 54.6 Å². The molecule has 4 aromatic carbocycles. The van der Waals surface area contributed by atoms with Crippen molar-refractivity contribution in [2.24, 2.45) is 0 Å². The summed E-state index contributed by atoms with van der Waals surface area (Å²) in [5.41, 5.74) is 1.29. The van der Waals surface area contributed by atoms with Gasteiger partial charge in [-0.1, -0.05) is 60.7 Å². The van der Waals surface area contributed by atoms with Crippen molar-refractivity contribution < 1.29 is 19.4 Å². The SMILES string of the molecule is O=C(O)c1ccc(NC(Oc2ccccc2)C(=O)c2cccc3ccccc23)cc1. The first kappa shape index (κ1) is 19.2. The highest BCUT2D eigenvalue weighted by molar-refractivity contribution is 6.11. The fourth-order valence-electron chi connectivity index (χ4n) is 3.23. The molecule has 4 rings (SSSR count). The molecular weight excluding hydrogens is 378 g/mol. The molecule has 148 valence electrons. The van der Waals surface area contributed by atoms with Crippen molar-refractivity contribution in [1.82, 2.24) is 0 Å². The Hall–Kier alpha value is -4.12. The monoisotopic (exact) mass is 397 g/mol. The van der Waals surface area contributed by atoms with E-state index in [0.29, 0.717) is 17.0 Å². The van der Waals surface area contributed by atoms with E-state index in [-0.39, 0.29) is 11.3 Å². The second kappa shape index (κ2) is 8.49. The summed E-state index contributed by atoms with van der Waals surface area (Å²) in [6.45, 7) is 0. The predicted molar refractivity (Wildman–Crippen MR) is 116 cm³/mol. The molecule has 0 aliphatic heterocycles. The Balaban J connectivity index is 1.69. The largest absolute Gasteiger partial charge is 0.478 e. The van der Waals surface area contributed by atoms with Crippen molar-refractivity contribution in [2.45, 2.75) is 6.23 Å². The molecule has 2 N–H and O–H groups in total. The van der Waals surface area contributed by atoms with Crippen molar-refractivity contribution >= 4 is 28.2 Å². The lowest BCUT2D eigenvalue weighted by molar-refractivity contribution is 0.0696. The zero-order chi connectivity index (χ0) is 20.9. The highest BCUT2D eigenvalue weighted by atomic mass is 16.5. The number of hydrogen-bond donors (Lipinski definition) is 2. The summed E-state index contributed by atoms with van der Waals surface area (Å²) in [5, 5.41) is 14.0. The van der Waals surface area contributed by atoms with Crippen LogP contribution < -0.4 is 10.1 Å². The average molecular weight is 397 g/mol. The van der Waals surface area contributed by atoms with Crippen LogP contribution >= 0.6 is 0 Å². The standard InChI is InChI=1S/C25H19NO4/c27-23(22-12-6-8-17-7-4-5-11-21(17)22)24(30-20-9-2-1-3-10-20)26-19-15-13-18(14-16-19)25(28)29/h1-16,24,26H,(H,28,29). The van der Waals surface area contributed by atoms with Crippen LogP contribution in [0.25, 0.3) is 10.8 Å². The number of aromatic carboxylic acids is 1. The van der Waals surface area contributed by atoms with Gasteiger partial charge in [0.15, 0.2) is 0 Å². The Morgan fingerprint density at radius 2 is 1.43 bits per heavy atom. The molecule has 5 nitrogen and oxygen atoms in total. The number of hydrogen-bond acceptors (Lipinski definition) is 4. The van der Waals surface area contributed by atoms with Crippen LogP contribution in [0.15, 0.2) is 97.1 Å². The third-order valence-corrected chi connectivity index (χ3v) is 4.72. The number of carbonyl (C=O) groups is 2. The molecule has 1 unspecified atom stereocenters. The number of ether oxygens (including phenoxy) is 1. The van der Waals surface area contributed by atoms with Gasteiger partial charge in [-0.25, -0.2) is 4.79 Å². The molecule has 0 spiro atoms. The van der Waals surface area contributed by atoms with E-state index < -0.39 is 12.2 Å². The Morgan fingerprint density at radius 3 is 2.17 bits per heavy atom. The van der Waals surface area contributed by atoms with Crippen molar-refractivity contribution in [1.29, 1.82) is 0 Å². The first-order chi connectivity index (χ1) is 14.6. The third-order valence-electron chi connectivity index (χ3n) is 4.72. The van der Waals surface area contributed by atoms with Crippen LogP contribution in [-0.4, -0.2) is 23.1 Å². The molecule has 0 aliphatic carbocycles. The molecule has 0 aromatic heterocycles. The Labute approximate surface area is 173 Å². The minimum absolute atomic E-state index is 0.168. The van der Waals surface area contributed by atoms with E-state index in [0.717, 1.165) is 10.8 Å². The van der Waals surface area contributed by atoms with Crippen LogP contribution in [0.4, 0.5) is 5.69 Å². The van der Waals surface area contributed by atoms with Crippen molar-refractivity contribution in [3.63, 3.8) is 0 Å². The Morgan fingerprint density at radius 1 is 0.767 bits per heavy atom. The molecule has 1 atom stereocenters. The number of carbonyl (C=O) groups excluding carboxylic acids is 1. The Bertz CT molecular complexity index is 1180. The number of benzene rings is 4. The molecule has 0 saturated carbocycles. The molecule has 5 heteroatoms. The van der Waals surface area contributed by atoms with Gasteiger partial charge in [0, 0.05) is 11.3 Å². The number of carboxylic acid groups (broad SMARTS) is 1. The maximum atomic E-state index is 13.5. The molecule has 0 aliphatic rings. The minimum Gasteiger partial charge on any atom is -0.478 e. The quantitative estimate of drug-likeness (QED) is 0.330. The van der Waals surface area contributed by atoms with E-state index >= 15 is 0 Å². The second-order valence-corrected chi connectivity index (χ2v) is 6.73. The second-order valence-electron chi connectivity index (χ2n) is 6.73. The van der Waals surface area contributed by atoms with Crippen LogP contribution in [0.2, 0.25) is 0 Å². The van der Waals surface area contributed by atoms with Gasteiger partial charge in [0.05, 0.1) is 5.56 Å². The summed E-state index contributed by atoms with van der Waals surface area (Å²) in [5.74, 6) is -0.686. The molecule has 0 bridgehead atoms. The molecule has 30 heavy (non-hydrogen) atoms. The summed E-state index contributed by atoms with van der Waals surface area (Å²) in [7, 11) is 0. The molecular formula is C25H19NO4. The van der Waals surface area contributed by atoms with Gasteiger partial charge in [-0.3, -0.25) is 4.79 Å². The number of rotatable bonds is 7. The highest BCUT2D eigenvalue weighted by Crippen LogP contribution is 2.23. The van der Waals surface area contributed by atoms with Crippen LogP contribution in [0.3, 0.4) is 0 Å². The van der Waals surface area contributed by atoms with Gasteiger partial charge in [-0.2, -0.15) is 0 Å². The van der Waals surface area contributed by atoms with Crippen molar-refractivity contribution in [2.75, 3.05) is 5.32 Å². The fraction of sp³-hybridized carbons (Fsp3) is 0.0400. The first-order valence-corrected chi connectivity index (χ1v) is 9.45. The van der Waals surface area contributed by atoms with Gasteiger partial charge < -0.3 is 15.2 Å². The summed E-state index contributed by atoms with van der Waals surface area (Å²) < 4.78 is 5.98. The van der Waals surface area contributed by atoms with Crippen LogP contribution in [0.5, 0.6) is 5.75 Å². The number of nitrogens with one attached hydrogen (secondary N) is 1. The average Bonchev–Trinajstić information content (AvgIpc) is 2.79. The minimum atomic E-state index is -1.01. The Kier molecular flexibility index (Phi) is 5.44. The number of Topliss-reactive ketones (excluding diaryl/α,β-unsaturated/α-hetero) is 1. The van der Waals surface area contributed by atoms with Crippen molar-refractivity contribution in [3.05, 3.63) is 108 Å². The van der Waals surface area contributed by atoms with E-state index in [4.69, 9.17) is 9.84 Å². The summed E-state index contributed by atoms with van der Waals surface area (Å²) >= 11 is 0. The van der Waals surface area contributed by atoms with Gasteiger partial charge in [0.2, 0.25) is 12.0 Å². The van der Waals surface area contributed by atoms with Crippen molar-refractivity contribution in [3.8, 4) is 5.75 Å². The van der Waals surface area contributed by atoms with E-state index in [1.54, 1.807) is 30.3 Å². The van der Waals surface area contributed by atoms with Gasteiger partial charge in [0.1, 0.15) is 5.75 Å². The summed E-state index contributed by atoms with van der Waals surface area (Å²) in [6.07, 6.45) is -0.992. The number of fused-ring (bicyclic) bond motifs is 1. The van der Waals surface area contributed by atoms with Gasteiger partial charge in [0.25, 0.3) is 0 Å². The molecule has 0 saturated heterocycles. The zero-order valence-corrected chi connectivity index (χ0v) is 16.0. The molecule has 4 aromatic rings. The predicted octanol–water partition coefficient (Wildman–Crippen LogP) is 5.24. The third kappa shape index (κ3) is 4.15. The maximum absolute atomic E-state index is 13.5. The van der Waals surface area contributed by atoms with Gasteiger partial charge >= 0.3 is 5.97 Å². The lowest BCUT2D eigenvalue weighted by Gasteiger charge is -2.21. The van der Waals surface area contributed by atoms with E-state index in [1.165, 1.54) is 12.1 Å². The zero-order valence-electron chi connectivity index (χ0n) is 16.0. The number of carboxylic acids is 1. The summed E-state index contributed by atoms with van der Waals surface area (Å²) in [4.78, 5) is 24.6. The number of ketones is 1. The van der Waals surface area contributed by atoms with Gasteiger partial charge in [-0.05, 0) is 47.2 Å². The van der Waals surface area contributed by atoms with E-state index in [2.05, 4.69) is 5.32 Å². The number of anilines is 1. The maximum Gasteiger partial charge on any atom is 0.335 e.